The first kappa shape index (κ1) is 27.2. The molecule has 0 radical (unpaired) electrons. The van der Waals surface area contributed by atoms with Gasteiger partial charge in [0, 0.05) is 30.5 Å². The number of hydrogen-bond acceptors (Lipinski definition) is 3. The van der Waals surface area contributed by atoms with Crippen LogP contribution in [0, 0.1) is 0 Å². The maximum absolute atomic E-state index is 12.5. The molecule has 1 aromatic rings. The number of carbonyl (C=O) groups is 2. The fourth-order valence-corrected chi connectivity index (χ4v) is 3.88. The topological polar surface area (TPSA) is 77.8 Å². The van der Waals surface area contributed by atoms with E-state index < -0.39 is 5.97 Å². The predicted octanol–water partition coefficient (Wildman–Crippen LogP) is 6.07. The van der Waals surface area contributed by atoms with Crippen molar-refractivity contribution >= 4 is 17.6 Å². The minimum absolute atomic E-state index is 0.109. The zero-order chi connectivity index (χ0) is 23.3. The van der Waals surface area contributed by atoms with E-state index in [2.05, 4.69) is 20.8 Å². The largest absolute Gasteiger partial charge is 0.481 e. The maximum atomic E-state index is 12.5. The van der Waals surface area contributed by atoms with Crippen LogP contribution >= 0.6 is 0 Å². The molecule has 5 heteroatoms. The molecule has 0 saturated carbocycles. The fourth-order valence-electron chi connectivity index (χ4n) is 3.88. The van der Waals surface area contributed by atoms with Crippen LogP contribution in [0.3, 0.4) is 0 Å². The molecule has 0 aliphatic heterocycles. The number of amides is 1. The van der Waals surface area contributed by atoms with Crippen LogP contribution in [-0.4, -0.2) is 34.7 Å². The predicted molar refractivity (Wildman–Crippen MR) is 128 cm³/mol. The summed E-state index contributed by atoms with van der Waals surface area (Å²) in [5.74, 6) is -0.627. The minimum atomic E-state index is -0.736. The van der Waals surface area contributed by atoms with Crippen LogP contribution in [0.5, 0.6) is 0 Å². The lowest BCUT2D eigenvalue weighted by Crippen LogP contribution is -2.34. The van der Waals surface area contributed by atoms with Crippen molar-refractivity contribution in [2.24, 2.45) is 0 Å². The van der Waals surface area contributed by atoms with Crippen LogP contribution in [0.15, 0.2) is 24.3 Å². The monoisotopic (exact) mass is 433 g/mol. The molecule has 0 aliphatic carbocycles. The summed E-state index contributed by atoms with van der Waals surface area (Å²) in [5.41, 5.74) is 1.65. The molecule has 0 heterocycles. The second kappa shape index (κ2) is 14.2. The SMILES string of the molecule is CCCCCC(O)C(C)(C)c1ccc(N(CCCCCCCC(=O)O)C(=O)CC)cc1. The summed E-state index contributed by atoms with van der Waals surface area (Å²) < 4.78 is 0. The summed E-state index contributed by atoms with van der Waals surface area (Å²) >= 11 is 0. The van der Waals surface area contributed by atoms with E-state index in [1.807, 2.05) is 36.1 Å². The number of unbranched alkanes of at least 4 members (excludes halogenated alkanes) is 6. The third-order valence-corrected chi connectivity index (χ3v) is 6.21. The highest BCUT2D eigenvalue weighted by Crippen LogP contribution is 2.31. The third-order valence-electron chi connectivity index (χ3n) is 6.21. The second-order valence-corrected chi connectivity index (χ2v) is 9.09. The number of carboxylic acid groups (broad SMARTS) is 1. The van der Waals surface area contributed by atoms with Gasteiger partial charge in [0.2, 0.25) is 5.91 Å². The molecule has 1 atom stereocenters. The number of rotatable bonds is 16. The maximum Gasteiger partial charge on any atom is 0.303 e. The average Bonchev–Trinajstić information content (AvgIpc) is 2.75. The van der Waals surface area contributed by atoms with E-state index in [4.69, 9.17) is 5.11 Å². The number of carboxylic acids is 1. The Morgan fingerprint density at radius 1 is 0.935 bits per heavy atom. The Kier molecular flexibility index (Phi) is 12.5. The van der Waals surface area contributed by atoms with Crippen molar-refractivity contribution in [3.05, 3.63) is 29.8 Å². The molecule has 0 aromatic heterocycles. The van der Waals surface area contributed by atoms with E-state index in [-0.39, 0.29) is 23.8 Å². The molecule has 2 N–H and O–H groups in total. The van der Waals surface area contributed by atoms with E-state index in [9.17, 15) is 14.7 Å². The zero-order valence-electron chi connectivity index (χ0n) is 20.0. The Morgan fingerprint density at radius 3 is 2.13 bits per heavy atom. The molecule has 0 fully saturated rings. The van der Waals surface area contributed by atoms with Gasteiger partial charge in [-0.15, -0.1) is 0 Å². The van der Waals surface area contributed by atoms with Crippen molar-refractivity contribution in [2.45, 2.75) is 110 Å². The van der Waals surface area contributed by atoms with Crippen molar-refractivity contribution in [1.29, 1.82) is 0 Å². The lowest BCUT2D eigenvalue weighted by Gasteiger charge is -2.32. The summed E-state index contributed by atoms with van der Waals surface area (Å²) in [6, 6.07) is 8.08. The quantitative estimate of drug-likeness (QED) is 0.310. The van der Waals surface area contributed by atoms with Crippen molar-refractivity contribution in [3.8, 4) is 0 Å². The number of anilines is 1. The standard InChI is InChI=1S/C26H43NO4/c1-5-7-11-14-23(28)26(3,4)21-16-18-22(19-17-21)27(24(29)6-2)20-13-10-8-9-12-15-25(30)31/h16-19,23,28H,5-15,20H2,1-4H3,(H,30,31). The van der Waals surface area contributed by atoms with Crippen LogP contribution in [0.25, 0.3) is 0 Å². The summed E-state index contributed by atoms with van der Waals surface area (Å²) in [5, 5.41) is 19.4. The van der Waals surface area contributed by atoms with Gasteiger partial charge in [0.15, 0.2) is 0 Å². The van der Waals surface area contributed by atoms with E-state index in [0.717, 1.165) is 62.6 Å². The van der Waals surface area contributed by atoms with Gasteiger partial charge in [0.1, 0.15) is 0 Å². The zero-order valence-corrected chi connectivity index (χ0v) is 20.0. The Labute approximate surface area is 188 Å². The second-order valence-electron chi connectivity index (χ2n) is 9.09. The Bertz CT molecular complexity index is 654. The highest BCUT2D eigenvalue weighted by atomic mass is 16.4. The fraction of sp³-hybridized carbons (Fsp3) is 0.692. The van der Waals surface area contributed by atoms with Crippen LogP contribution in [-0.2, 0) is 15.0 Å². The highest BCUT2D eigenvalue weighted by Gasteiger charge is 2.29. The molecular weight excluding hydrogens is 390 g/mol. The summed E-state index contributed by atoms with van der Waals surface area (Å²) in [6.07, 6.45) is 8.94. The molecule has 176 valence electrons. The van der Waals surface area contributed by atoms with E-state index in [0.29, 0.717) is 19.4 Å². The van der Waals surface area contributed by atoms with Gasteiger partial charge in [0.05, 0.1) is 6.10 Å². The molecule has 0 bridgehead atoms. The smallest absolute Gasteiger partial charge is 0.303 e. The Balaban J connectivity index is 2.68. The molecule has 0 spiro atoms. The van der Waals surface area contributed by atoms with Gasteiger partial charge in [-0.1, -0.05) is 78.4 Å². The normalized spacial score (nSPS) is 12.5. The van der Waals surface area contributed by atoms with Crippen LogP contribution < -0.4 is 4.90 Å². The molecule has 1 amide bonds. The minimum Gasteiger partial charge on any atom is -0.481 e. The first-order valence-corrected chi connectivity index (χ1v) is 12.0. The van der Waals surface area contributed by atoms with Gasteiger partial charge in [-0.2, -0.15) is 0 Å². The van der Waals surface area contributed by atoms with Crippen molar-refractivity contribution < 1.29 is 19.8 Å². The van der Waals surface area contributed by atoms with Crippen LogP contribution in [0.2, 0.25) is 0 Å². The first-order valence-electron chi connectivity index (χ1n) is 12.0. The molecule has 1 unspecified atom stereocenters. The number of nitrogens with zero attached hydrogens (tertiary/aromatic N) is 1. The van der Waals surface area contributed by atoms with Gasteiger partial charge in [-0.05, 0) is 37.0 Å². The highest BCUT2D eigenvalue weighted by molar-refractivity contribution is 5.93. The van der Waals surface area contributed by atoms with Crippen molar-refractivity contribution in [2.75, 3.05) is 11.4 Å². The van der Waals surface area contributed by atoms with E-state index in [1.54, 1.807) is 0 Å². The molecule has 0 saturated heterocycles. The van der Waals surface area contributed by atoms with Crippen molar-refractivity contribution in [1.82, 2.24) is 0 Å². The van der Waals surface area contributed by atoms with Gasteiger partial charge in [-0.3, -0.25) is 9.59 Å². The lowest BCUT2D eigenvalue weighted by molar-refractivity contribution is -0.137. The van der Waals surface area contributed by atoms with Gasteiger partial charge in [0.25, 0.3) is 0 Å². The molecule has 0 aliphatic rings. The molecule has 5 nitrogen and oxygen atoms in total. The Hall–Kier alpha value is -1.88. The first-order chi connectivity index (χ1) is 14.7. The summed E-state index contributed by atoms with van der Waals surface area (Å²) in [7, 11) is 0. The number of aliphatic hydroxyl groups is 1. The third kappa shape index (κ3) is 9.42. The van der Waals surface area contributed by atoms with Gasteiger partial charge < -0.3 is 15.1 Å². The lowest BCUT2D eigenvalue weighted by atomic mass is 9.77. The van der Waals surface area contributed by atoms with Crippen LogP contribution in [0.4, 0.5) is 5.69 Å². The number of aliphatic hydroxyl groups excluding tert-OH is 1. The van der Waals surface area contributed by atoms with Gasteiger partial charge in [-0.25, -0.2) is 0 Å². The summed E-state index contributed by atoms with van der Waals surface area (Å²) in [6.45, 7) is 8.88. The number of benzene rings is 1. The number of aliphatic carboxylic acids is 1. The molecule has 1 aromatic carbocycles. The number of hydrogen-bond donors (Lipinski definition) is 2. The molecule has 31 heavy (non-hydrogen) atoms. The molecule has 1 rings (SSSR count). The number of carbonyl (C=O) groups excluding carboxylic acids is 1. The van der Waals surface area contributed by atoms with Crippen molar-refractivity contribution in [3.63, 3.8) is 0 Å². The van der Waals surface area contributed by atoms with Crippen LogP contribution in [0.1, 0.15) is 104 Å². The molecular formula is C26H43NO4. The average molecular weight is 434 g/mol. The van der Waals surface area contributed by atoms with E-state index >= 15 is 0 Å². The Morgan fingerprint density at radius 2 is 1.55 bits per heavy atom. The van der Waals surface area contributed by atoms with E-state index in [1.165, 1.54) is 0 Å². The summed E-state index contributed by atoms with van der Waals surface area (Å²) in [4.78, 5) is 24.9. The van der Waals surface area contributed by atoms with Gasteiger partial charge >= 0.3 is 5.97 Å².